The summed E-state index contributed by atoms with van der Waals surface area (Å²) in [7, 11) is 1.16. The molecule has 1 amide bonds. The van der Waals surface area contributed by atoms with Crippen molar-refractivity contribution in [1.82, 2.24) is 5.32 Å². The topological polar surface area (TPSA) is 92.7 Å². The van der Waals surface area contributed by atoms with Crippen LogP contribution in [-0.2, 0) is 14.3 Å². The second-order valence-electron chi connectivity index (χ2n) is 4.24. The molecular formula is C13H12F3NO5. The van der Waals surface area contributed by atoms with E-state index < -0.39 is 36.5 Å². The van der Waals surface area contributed by atoms with E-state index in [4.69, 9.17) is 5.11 Å². The van der Waals surface area contributed by atoms with Gasteiger partial charge in [0, 0.05) is 0 Å². The van der Waals surface area contributed by atoms with Crippen LogP contribution in [0.1, 0.15) is 28.4 Å². The number of nitrogens with one attached hydrogen (secondary N) is 1. The summed E-state index contributed by atoms with van der Waals surface area (Å²) in [5.74, 6) is -4.28. The number of amides is 1. The van der Waals surface area contributed by atoms with Gasteiger partial charge in [0.1, 0.15) is 0 Å². The zero-order valence-electron chi connectivity index (χ0n) is 11.3. The number of carboxylic acid groups (broad SMARTS) is 1. The van der Waals surface area contributed by atoms with Crippen molar-refractivity contribution in [3.63, 3.8) is 0 Å². The minimum absolute atomic E-state index is 0.118. The first kappa shape index (κ1) is 17.5. The van der Waals surface area contributed by atoms with Crippen molar-refractivity contribution >= 4 is 17.8 Å². The van der Waals surface area contributed by atoms with Crippen LogP contribution in [0, 0.1) is 0 Å². The highest BCUT2D eigenvalue weighted by molar-refractivity contribution is 5.89. The number of carboxylic acids is 1. The summed E-state index contributed by atoms with van der Waals surface area (Å²) in [6.07, 6.45) is -5.86. The molecule has 1 aromatic carbocycles. The van der Waals surface area contributed by atoms with Gasteiger partial charge in [0.15, 0.2) is 0 Å². The van der Waals surface area contributed by atoms with Crippen molar-refractivity contribution in [3.05, 3.63) is 35.4 Å². The fourth-order valence-corrected chi connectivity index (χ4v) is 1.64. The van der Waals surface area contributed by atoms with Crippen LogP contribution in [0.5, 0.6) is 0 Å². The molecule has 1 aromatic rings. The molecule has 9 heteroatoms. The predicted molar refractivity (Wildman–Crippen MR) is 67.0 cm³/mol. The van der Waals surface area contributed by atoms with E-state index in [2.05, 4.69) is 4.74 Å². The Kier molecular flexibility index (Phi) is 5.50. The highest BCUT2D eigenvalue weighted by atomic mass is 19.4. The van der Waals surface area contributed by atoms with Crippen LogP contribution in [0.4, 0.5) is 13.2 Å². The van der Waals surface area contributed by atoms with Gasteiger partial charge in [-0.15, -0.1) is 0 Å². The summed E-state index contributed by atoms with van der Waals surface area (Å²) in [5.41, 5.74) is 0.259. The van der Waals surface area contributed by atoms with Crippen molar-refractivity contribution in [2.75, 3.05) is 7.11 Å². The third-order valence-corrected chi connectivity index (χ3v) is 2.68. The van der Waals surface area contributed by atoms with Gasteiger partial charge in [-0.25, -0.2) is 4.79 Å². The molecule has 0 spiro atoms. The number of alkyl halides is 3. The molecule has 2 N–H and O–H groups in total. The smallest absolute Gasteiger partial charge is 0.471 e. The fourth-order valence-electron chi connectivity index (χ4n) is 1.64. The number of rotatable bonds is 5. The van der Waals surface area contributed by atoms with E-state index in [1.165, 1.54) is 24.3 Å². The molecule has 0 bridgehead atoms. The van der Waals surface area contributed by atoms with Crippen LogP contribution in [0.25, 0.3) is 0 Å². The van der Waals surface area contributed by atoms with Crippen LogP contribution in [0.15, 0.2) is 24.3 Å². The van der Waals surface area contributed by atoms with Crippen molar-refractivity contribution in [3.8, 4) is 0 Å². The van der Waals surface area contributed by atoms with Crippen molar-refractivity contribution in [2.45, 2.75) is 18.6 Å². The summed E-state index contributed by atoms with van der Waals surface area (Å²) < 4.78 is 41.2. The van der Waals surface area contributed by atoms with E-state index in [0.29, 0.717) is 0 Å². The number of benzene rings is 1. The number of carbonyl (C=O) groups is 3. The van der Waals surface area contributed by atoms with Crippen molar-refractivity contribution in [2.24, 2.45) is 0 Å². The van der Waals surface area contributed by atoms with Gasteiger partial charge < -0.3 is 15.2 Å². The Morgan fingerprint density at radius 1 is 1.23 bits per heavy atom. The van der Waals surface area contributed by atoms with E-state index in [0.717, 1.165) is 7.11 Å². The zero-order valence-corrected chi connectivity index (χ0v) is 11.3. The number of ether oxygens (including phenoxy) is 1. The molecule has 6 nitrogen and oxygen atoms in total. The van der Waals surface area contributed by atoms with Crippen molar-refractivity contribution < 1.29 is 37.4 Å². The van der Waals surface area contributed by atoms with E-state index in [1.807, 2.05) is 0 Å². The standard InChI is InChI=1S/C13H12F3NO5/c1-22-11(20)8-4-2-7(3-5-8)9(6-10(18)19)17-12(21)13(14,15)16/h2-5,9H,6H2,1H3,(H,17,21)(H,18,19)/t9-/m1/s1. The normalized spacial score (nSPS) is 12.4. The van der Waals surface area contributed by atoms with Crippen LogP contribution in [-0.4, -0.2) is 36.2 Å². The first-order chi connectivity index (χ1) is 10.1. The monoisotopic (exact) mass is 319 g/mol. The molecule has 120 valence electrons. The summed E-state index contributed by atoms with van der Waals surface area (Å²) >= 11 is 0. The zero-order chi connectivity index (χ0) is 16.9. The number of aliphatic carboxylic acids is 1. The lowest BCUT2D eigenvalue weighted by molar-refractivity contribution is -0.174. The first-order valence-corrected chi connectivity index (χ1v) is 5.93. The van der Waals surface area contributed by atoms with Gasteiger partial charge in [0.25, 0.3) is 0 Å². The molecule has 1 rings (SSSR count). The van der Waals surface area contributed by atoms with Crippen LogP contribution >= 0.6 is 0 Å². The Morgan fingerprint density at radius 3 is 2.18 bits per heavy atom. The molecule has 1 atom stereocenters. The average Bonchev–Trinajstić information content (AvgIpc) is 2.44. The van der Waals surface area contributed by atoms with E-state index in [1.54, 1.807) is 5.32 Å². The molecule has 0 saturated heterocycles. The summed E-state index contributed by atoms with van der Waals surface area (Å²) in [5, 5.41) is 10.3. The van der Waals surface area contributed by atoms with Gasteiger partial charge in [0.05, 0.1) is 25.1 Å². The number of halogens is 3. The summed E-state index contributed by atoms with van der Waals surface area (Å²) in [4.78, 5) is 32.9. The number of hydrogen-bond donors (Lipinski definition) is 2. The molecule has 0 aromatic heterocycles. The minimum atomic E-state index is -5.12. The van der Waals surface area contributed by atoms with Gasteiger partial charge in [-0.1, -0.05) is 12.1 Å². The van der Waals surface area contributed by atoms with Gasteiger partial charge in [-0.2, -0.15) is 13.2 Å². The molecule has 0 radical (unpaired) electrons. The second kappa shape index (κ2) is 6.92. The number of esters is 1. The van der Waals surface area contributed by atoms with E-state index in [-0.39, 0.29) is 11.1 Å². The fraction of sp³-hybridized carbons (Fsp3) is 0.308. The summed E-state index contributed by atoms with van der Waals surface area (Å²) in [6.45, 7) is 0. The molecule has 0 unspecified atom stereocenters. The number of carbonyl (C=O) groups excluding carboxylic acids is 2. The molecule has 0 heterocycles. The third kappa shape index (κ3) is 4.76. The highest BCUT2D eigenvalue weighted by Crippen LogP contribution is 2.22. The van der Waals surface area contributed by atoms with Crippen LogP contribution < -0.4 is 5.32 Å². The molecule has 0 saturated carbocycles. The molecule has 0 aliphatic heterocycles. The van der Waals surface area contributed by atoms with Crippen LogP contribution in [0.3, 0.4) is 0 Å². The predicted octanol–water partition coefficient (Wildman–Crippen LogP) is 1.67. The molecule has 0 aliphatic rings. The second-order valence-corrected chi connectivity index (χ2v) is 4.24. The van der Waals surface area contributed by atoms with Gasteiger partial charge in [0.2, 0.25) is 0 Å². The lowest BCUT2D eigenvalue weighted by Gasteiger charge is -2.18. The summed E-state index contributed by atoms with van der Waals surface area (Å²) in [6, 6.07) is 3.64. The van der Waals surface area contributed by atoms with Gasteiger partial charge >= 0.3 is 24.0 Å². The van der Waals surface area contributed by atoms with E-state index >= 15 is 0 Å². The lowest BCUT2D eigenvalue weighted by atomic mass is 10.0. The Bertz CT molecular complexity index is 568. The van der Waals surface area contributed by atoms with Crippen molar-refractivity contribution in [1.29, 1.82) is 0 Å². The minimum Gasteiger partial charge on any atom is -0.481 e. The Morgan fingerprint density at radius 2 is 1.77 bits per heavy atom. The number of hydrogen-bond acceptors (Lipinski definition) is 4. The average molecular weight is 319 g/mol. The number of methoxy groups -OCH3 is 1. The Labute approximate surface area is 122 Å². The first-order valence-electron chi connectivity index (χ1n) is 5.93. The SMILES string of the molecule is COC(=O)c1ccc([C@@H](CC(=O)O)NC(=O)C(F)(F)F)cc1. The highest BCUT2D eigenvalue weighted by Gasteiger charge is 2.40. The molecular weight excluding hydrogens is 307 g/mol. The Balaban J connectivity index is 2.99. The maximum atomic E-state index is 12.3. The largest absolute Gasteiger partial charge is 0.481 e. The quantitative estimate of drug-likeness (QED) is 0.805. The van der Waals surface area contributed by atoms with Gasteiger partial charge in [-0.05, 0) is 17.7 Å². The maximum Gasteiger partial charge on any atom is 0.471 e. The molecule has 0 fully saturated rings. The van der Waals surface area contributed by atoms with Gasteiger partial charge in [-0.3, -0.25) is 9.59 Å². The molecule has 22 heavy (non-hydrogen) atoms. The Hall–Kier alpha value is -2.58. The third-order valence-electron chi connectivity index (χ3n) is 2.68. The molecule has 0 aliphatic carbocycles. The lowest BCUT2D eigenvalue weighted by Crippen LogP contribution is -2.39. The van der Waals surface area contributed by atoms with Crippen LogP contribution in [0.2, 0.25) is 0 Å². The van der Waals surface area contributed by atoms with E-state index in [9.17, 15) is 27.6 Å². The maximum absolute atomic E-state index is 12.3.